The Morgan fingerprint density at radius 2 is 2.00 bits per heavy atom. The highest BCUT2D eigenvalue weighted by Gasteiger charge is 2.23. The van der Waals surface area contributed by atoms with Crippen molar-refractivity contribution in [1.82, 2.24) is 9.71 Å². The molecule has 0 aliphatic heterocycles. The smallest absolute Gasteiger partial charge is 0.244 e. The van der Waals surface area contributed by atoms with Crippen LogP contribution in [-0.4, -0.2) is 26.5 Å². The molecule has 2 N–H and O–H groups in total. The van der Waals surface area contributed by atoms with Gasteiger partial charge in [0.25, 0.3) is 0 Å². The molecule has 6 heteroatoms. The molecule has 0 aliphatic carbocycles. The normalized spacial score (nSPS) is 12.4. The van der Waals surface area contributed by atoms with E-state index in [4.69, 9.17) is 0 Å². The summed E-state index contributed by atoms with van der Waals surface area (Å²) in [6, 6.07) is 1.69. The zero-order valence-electron chi connectivity index (χ0n) is 12.7. The van der Waals surface area contributed by atoms with Gasteiger partial charge < -0.3 is 5.32 Å². The van der Waals surface area contributed by atoms with Gasteiger partial charge in [-0.1, -0.05) is 27.7 Å². The van der Waals surface area contributed by atoms with E-state index in [0.717, 1.165) is 19.4 Å². The second-order valence-electron chi connectivity index (χ2n) is 5.64. The summed E-state index contributed by atoms with van der Waals surface area (Å²) in [5, 5.41) is 3.12. The van der Waals surface area contributed by atoms with Crippen LogP contribution in [0.2, 0.25) is 0 Å². The molecule has 0 saturated heterocycles. The molecule has 1 aromatic rings. The van der Waals surface area contributed by atoms with Gasteiger partial charge in [0.2, 0.25) is 10.0 Å². The van der Waals surface area contributed by atoms with E-state index >= 15 is 0 Å². The third-order valence-electron chi connectivity index (χ3n) is 3.34. The summed E-state index contributed by atoms with van der Waals surface area (Å²) >= 11 is 0. The van der Waals surface area contributed by atoms with Gasteiger partial charge in [0.1, 0.15) is 4.90 Å². The summed E-state index contributed by atoms with van der Waals surface area (Å²) in [5.74, 6) is 0. The van der Waals surface area contributed by atoms with E-state index in [9.17, 15) is 8.42 Å². The van der Waals surface area contributed by atoms with Crippen molar-refractivity contribution >= 4 is 15.7 Å². The van der Waals surface area contributed by atoms with Crippen molar-refractivity contribution in [2.75, 3.05) is 18.4 Å². The first-order chi connectivity index (χ1) is 9.32. The van der Waals surface area contributed by atoms with Crippen LogP contribution >= 0.6 is 0 Å². The molecular formula is C14H25N3O2S. The Labute approximate surface area is 122 Å². The summed E-state index contributed by atoms with van der Waals surface area (Å²) in [7, 11) is -3.54. The number of sulfonamides is 1. The quantitative estimate of drug-likeness (QED) is 0.774. The van der Waals surface area contributed by atoms with Crippen LogP contribution < -0.4 is 10.0 Å². The van der Waals surface area contributed by atoms with Crippen molar-refractivity contribution in [2.45, 2.75) is 45.4 Å². The molecule has 0 aliphatic rings. The van der Waals surface area contributed by atoms with Crippen LogP contribution in [0.25, 0.3) is 0 Å². The molecule has 5 nitrogen and oxygen atoms in total. The fourth-order valence-electron chi connectivity index (χ4n) is 1.49. The zero-order valence-corrected chi connectivity index (χ0v) is 13.5. The first kappa shape index (κ1) is 16.9. The Morgan fingerprint density at radius 1 is 1.30 bits per heavy atom. The predicted molar refractivity (Wildman–Crippen MR) is 82.3 cm³/mol. The van der Waals surface area contributed by atoms with Gasteiger partial charge >= 0.3 is 0 Å². The average Bonchev–Trinajstić information content (AvgIpc) is 2.43. The molecule has 1 aromatic heterocycles. The molecule has 1 heterocycles. The molecule has 0 atom stereocenters. The Bertz CT molecular complexity index is 527. The number of anilines is 1. The Morgan fingerprint density at radius 3 is 2.60 bits per heavy atom. The van der Waals surface area contributed by atoms with E-state index in [1.54, 1.807) is 12.3 Å². The van der Waals surface area contributed by atoms with Crippen molar-refractivity contribution in [2.24, 2.45) is 5.41 Å². The highest BCUT2D eigenvalue weighted by molar-refractivity contribution is 7.89. The fourth-order valence-corrected chi connectivity index (χ4v) is 2.86. The van der Waals surface area contributed by atoms with Crippen LogP contribution in [0.4, 0.5) is 5.69 Å². The van der Waals surface area contributed by atoms with E-state index in [0.29, 0.717) is 12.2 Å². The lowest BCUT2D eigenvalue weighted by molar-refractivity contribution is 0.350. The van der Waals surface area contributed by atoms with E-state index in [2.05, 4.69) is 15.0 Å². The first-order valence-electron chi connectivity index (χ1n) is 7.00. The van der Waals surface area contributed by atoms with Gasteiger partial charge in [0, 0.05) is 25.5 Å². The van der Waals surface area contributed by atoms with Crippen LogP contribution in [0.1, 0.15) is 40.5 Å². The molecule has 0 radical (unpaired) electrons. The number of aromatic nitrogens is 1. The topological polar surface area (TPSA) is 71.1 Å². The number of nitrogens with zero attached hydrogens (tertiary/aromatic N) is 1. The largest absolute Gasteiger partial charge is 0.384 e. The number of pyridine rings is 1. The van der Waals surface area contributed by atoms with Crippen molar-refractivity contribution in [3.05, 3.63) is 18.5 Å². The minimum Gasteiger partial charge on any atom is -0.384 e. The molecule has 0 saturated carbocycles. The van der Waals surface area contributed by atoms with E-state index < -0.39 is 10.0 Å². The second kappa shape index (κ2) is 7.04. The van der Waals surface area contributed by atoms with Crippen LogP contribution in [0.15, 0.2) is 23.4 Å². The lowest BCUT2D eigenvalue weighted by Crippen LogP contribution is -2.34. The van der Waals surface area contributed by atoms with E-state index in [1.807, 2.05) is 27.7 Å². The van der Waals surface area contributed by atoms with Gasteiger partial charge in [-0.15, -0.1) is 0 Å². The number of hydrogen-bond donors (Lipinski definition) is 2. The fraction of sp³-hybridized carbons (Fsp3) is 0.643. The van der Waals surface area contributed by atoms with Crippen molar-refractivity contribution < 1.29 is 8.42 Å². The summed E-state index contributed by atoms with van der Waals surface area (Å²) in [6.07, 6.45) is 4.81. The minimum atomic E-state index is -3.54. The van der Waals surface area contributed by atoms with Gasteiger partial charge in [-0.25, -0.2) is 13.1 Å². The number of rotatable bonds is 8. The maximum absolute atomic E-state index is 12.4. The Hall–Kier alpha value is -1.14. The molecule has 0 spiro atoms. The molecule has 0 unspecified atom stereocenters. The van der Waals surface area contributed by atoms with Gasteiger partial charge in [-0.3, -0.25) is 4.98 Å². The van der Waals surface area contributed by atoms with Crippen LogP contribution in [-0.2, 0) is 10.0 Å². The molecule has 0 fully saturated rings. The monoisotopic (exact) mass is 299 g/mol. The predicted octanol–water partition coefficient (Wildman–Crippen LogP) is 2.62. The Kier molecular flexibility index (Phi) is 5.95. The average molecular weight is 299 g/mol. The number of nitrogens with one attached hydrogen (secondary N) is 2. The molecule has 0 aromatic carbocycles. The van der Waals surface area contributed by atoms with Crippen molar-refractivity contribution in [1.29, 1.82) is 0 Å². The summed E-state index contributed by atoms with van der Waals surface area (Å²) in [5.41, 5.74) is 0.537. The third-order valence-corrected chi connectivity index (χ3v) is 4.77. The van der Waals surface area contributed by atoms with Crippen LogP contribution in [0.3, 0.4) is 0 Å². The Balaban J connectivity index is 2.92. The molecular weight excluding hydrogens is 274 g/mol. The highest BCUT2D eigenvalue weighted by Crippen LogP contribution is 2.22. The maximum Gasteiger partial charge on any atom is 0.244 e. The zero-order chi connectivity index (χ0) is 15.2. The molecule has 1 rings (SSSR count). The van der Waals surface area contributed by atoms with E-state index in [1.165, 1.54) is 6.20 Å². The molecule has 114 valence electrons. The molecule has 0 amide bonds. The lowest BCUT2D eigenvalue weighted by Gasteiger charge is -2.23. The summed E-state index contributed by atoms with van der Waals surface area (Å²) in [4.78, 5) is 4.13. The number of hydrogen-bond acceptors (Lipinski definition) is 4. The van der Waals surface area contributed by atoms with Crippen LogP contribution in [0, 0.1) is 5.41 Å². The highest BCUT2D eigenvalue weighted by atomic mass is 32.2. The van der Waals surface area contributed by atoms with Crippen molar-refractivity contribution in [3.63, 3.8) is 0 Å². The molecule has 20 heavy (non-hydrogen) atoms. The van der Waals surface area contributed by atoms with Gasteiger partial charge in [0.05, 0.1) is 5.69 Å². The van der Waals surface area contributed by atoms with Gasteiger partial charge in [0.15, 0.2) is 0 Å². The third kappa shape index (κ3) is 4.76. The SMILES string of the molecule is CCCNc1ccncc1S(=O)(=O)NCC(C)(C)CC. The maximum atomic E-state index is 12.4. The summed E-state index contributed by atoms with van der Waals surface area (Å²) in [6.45, 7) is 9.29. The van der Waals surface area contributed by atoms with E-state index in [-0.39, 0.29) is 10.3 Å². The van der Waals surface area contributed by atoms with Crippen LogP contribution in [0.5, 0.6) is 0 Å². The van der Waals surface area contributed by atoms with Crippen molar-refractivity contribution in [3.8, 4) is 0 Å². The lowest BCUT2D eigenvalue weighted by atomic mass is 9.91. The minimum absolute atomic E-state index is 0.0632. The standard InChI is InChI=1S/C14H25N3O2S/c1-5-8-16-12-7-9-15-10-13(12)20(18,19)17-11-14(3,4)6-2/h7,9-10,17H,5-6,8,11H2,1-4H3,(H,15,16). The molecule has 0 bridgehead atoms. The van der Waals surface area contributed by atoms with Gasteiger partial charge in [-0.05, 0) is 24.3 Å². The second-order valence-corrected chi connectivity index (χ2v) is 7.38. The summed E-state index contributed by atoms with van der Waals surface area (Å²) < 4.78 is 27.5. The van der Waals surface area contributed by atoms with Gasteiger partial charge in [-0.2, -0.15) is 0 Å². The first-order valence-corrected chi connectivity index (χ1v) is 8.48.